The summed E-state index contributed by atoms with van der Waals surface area (Å²) in [5.74, 6) is 0.250. The molecular weight excluding hydrogens is 178 g/mol. The first kappa shape index (κ1) is 13.4. The van der Waals surface area contributed by atoms with E-state index in [1.807, 2.05) is 0 Å². The molecule has 0 spiro atoms. The lowest BCUT2D eigenvalue weighted by Gasteiger charge is -2.32. The third-order valence-electron chi connectivity index (χ3n) is 2.28. The molecule has 0 aliphatic rings. The van der Waals surface area contributed by atoms with Crippen molar-refractivity contribution in [1.82, 2.24) is 4.90 Å². The minimum atomic E-state index is 0.250. The van der Waals surface area contributed by atoms with Gasteiger partial charge in [-0.15, -0.1) is 0 Å². The van der Waals surface area contributed by atoms with Gasteiger partial charge in [-0.05, 0) is 20.8 Å². The topological polar surface area (TPSA) is 62.3 Å². The zero-order valence-corrected chi connectivity index (χ0v) is 9.71. The largest absolute Gasteiger partial charge is 0.388 e. The van der Waals surface area contributed by atoms with E-state index in [1.54, 1.807) is 7.11 Å². The zero-order valence-electron chi connectivity index (χ0n) is 9.71. The van der Waals surface area contributed by atoms with Crippen LogP contribution in [0.5, 0.6) is 0 Å². The van der Waals surface area contributed by atoms with Crippen LogP contribution >= 0.6 is 0 Å². The molecule has 0 bridgehead atoms. The fourth-order valence-electron chi connectivity index (χ4n) is 1.57. The monoisotopic (exact) mass is 201 g/mol. The van der Waals surface area contributed by atoms with Gasteiger partial charge < -0.3 is 10.5 Å². The van der Waals surface area contributed by atoms with E-state index in [4.69, 9.17) is 15.9 Å². The molecule has 0 heterocycles. The van der Waals surface area contributed by atoms with Crippen LogP contribution in [0.15, 0.2) is 0 Å². The van der Waals surface area contributed by atoms with E-state index < -0.39 is 0 Å². The molecule has 14 heavy (non-hydrogen) atoms. The van der Waals surface area contributed by atoms with Crippen LogP contribution in [-0.2, 0) is 4.74 Å². The summed E-state index contributed by atoms with van der Waals surface area (Å²) in [6.45, 7) is 7.97. The molecule has 1 unspecified atom stereocenters. The van der Waals surface area contributed by atoms with E-state index in [2.05, 4.69) is 25.7 Å². The maximum Gasteiger partial charge on any atom is 0.0918 e. The lowest BCUT2D eigenvalue weighted by Crippen LogP contribution is -2.42. The van der Waals surface area contributed by atoms with E-state index in [-0.39, 0.29) is 5.84 Å². The van der Waals surface area contributed by atoms with Crippen LogP contribution in [0.25, 0.3) is 0 Å². The molecule has 4 nitrogen and oxygen atoms in total. The molecule has 0 aromatic rings. The highest BCUT2D eigenvalue weighted by Crippen LogP contribution is 2.06. The quantitative estimate of drug-likeness (QED) is 0.478. The normalized spacial score (nSPS) is 13.6. The maximum atomic E-state index is 7.19. The number of nitrogens with one attached hydrogen (secondary N) is 1. The first-order valence-electron chi connectivity index (χ1n) is 5.06. The summed E-state index contributed by atoms with van der Waals surface area (Å²) in [6, 6.07) is 0.832. The average molecular weight is 201 g/mol. The van der Waals surface area contributed by atoms with E-state index in [0.717, 1.165) is 13.2 Å². The molecule has 0 aromatic carbocycles. The summed E-state index contributed by atoms with van der Waals surface area (Å²) in [7, 11) is 1.71. The highest BCUT2D eigenvalue weighted by Gasteiger charge is 2.16. The predicted octanol–water partition coefficient (Wildman–Crippen LogP) is 1.06. The minimum absolute atomic E-state index is 0.250. The van der Waals surface area contributed by atoms with Crippen LogP contribution in [0.2, 0.25) is 0 Å². The zero-order chi connectivity index (χ0) is 11.1. The molecule has 0 aliphatic heterocycles. The fraction of sp³-hybridized carbons (Fsp3) is 0.900. The lowest BCUT2D eigenvalue weighted by atomic mass is 10.2. The molecule has 4 heteroatoms. The van der Waals surface area contributed by atoms with Crippen LogP contribution in [0, 0.1) is 5.41 Å². The van der Waals surface area contributed by atoms with Crippen molar-refractivity contribution in [3.8, 4) is 0 Å². The summed E-state index contributed by atoms with van der Waals surface area (Å²) < 4.78 is 5.11. The van der Waals surface area contributed by atoms with Crippen LogP contribution in [-0.4, -0.2) is 43.1 Å². The molecule has 84 valence electrons. The van der Waals surface area contributed by atoms with Gasteiger partial charge in [-0.3, -0.25) is 10.3 Å². The summed E-state index contributed by atoms with van der Waals surface area (Å²) in [6.07, 6.45) is 0.631. The number of hydrogen-bond donors (Lipinski definition) is 2. The average Bonchev–Trinajstić information content (AvgIpc) is 2.03. The van der Waals surface area contributed by atoms with Gasteiger partial charge in [0.25, 0.3) is 0 Å². The van der Waals surface area contributed by atoms with Crippen LogP contribution in [0.3, 0.4) is 0 Å². The first-order chi connectivity index (χ1) is 6.49. The summed E-state index contributed by atoms with van der Waals surface area (Å²) in [5, 5.41) is 7.19. The van der Waals surface area contributed by atoms with Gasteiger partial charge in [0.05, 0.1) is 12.4 Å². The first-order valence-corrected chi connectivity index (χ1v) is 5.06. The standard InChI is InChI=1S/C10H23N3O/c1-8(2)13(6-5-10(11)12)9(3)7-14-4/h8-9H,5-7H2,1-4H3,(H3,11,12). The van der Waals surface area contributed by atoms with Crippen molar-refractivity contribution < 1.29 is 4.74 Å². The Morgan fingerprint density at radius 3 is 2.36 bits per heavy atom. The third-order valence-corrected chi connectivity index (χ3v) is 2.28. The molecule has 0 saturated carbocycles. The second kappa shape index (κ2) is 6.79. The van der Waals surface area contributed by atoms with Crippen molar-refractivity contribution in [2.24, 2.45) is 5.73 Å². The molecule has 1 atom stereocenters. The van der Waals surface area contributed by atoms with Crippen molar-refractivity contribution in [3.63, 3.8) is 0 Å². The third kappa shape index (κ3) is 5.19. The van der Waals surface area contributed by atoms with E-state index in [1.165, 1.54) is 0 Å². The van der Waals surface area contributed by atoms with Crippen molar-refractivity contribution in [2.75, 3.05) is 20.3 Å². The predicted molar refractivity (Wildman–Crippen MR) is 59.7 cm³/mol. The molecule has 0 aromatic heterocycles. The number of methoxy groups -OCH3 is 1. The Kier molecular flexibility index (Phi) is 6.49. The van der Waals surface area contributed by atoms with Crippen molar-refractivity contribution in [3.05, 3.63) is 0 Å². The minimum Gasteiger partial charge on any atom is -0.388 e. The highest BCUT2D eigenvalue weighted by atomic mass is 16.5. The van der Waals surface area contributed by atoms with Crippen molar-refractivity contribution in [2.45, 2.75) is 39.3 Å². The van der Waals surface area contributed by atoms with Gasteiger partial charge in [0.2, 0.25) is 0 Å². The van der Waals surface area contributed by atoms with E-state index in [9.17, 15) is 0 Å². The second-order valence-corrected chi connectivity index (χ2v) is 3.91. The Hall–Kier alpha value is -0.610. The number of ether oxygens (including phenoxy) is 1. The SMILES string of the molecule is COCC(C)N(CCC(=N)N)C(C)C. The second-order valence-electron chi connectivity index (χ2n) is 3.91. The summed E-state index contributed by atoms with van der Waals surface area (Å²) >= 11 is 0. The van der Waals surface area contributed by atoms with Crippen LogP contribution < -0.4 is 5.73 Å². The molecule has 0 fully saturated rings. The van der Waals surface area contributed by atoms with Gasteiger partial charge in [0.15, 0.2) is 0 Å². The van der Waals surface area contributed by atoms with Gasteiger partial charge in [0.1, 0.15) is 0 Å². The summed E-state index contributed by atoms with van der Waals surface area (Å²) in [5.41, 5.74) is 5.34. The maximum absolute atomic E-state index is 7.19. The van der Waals surface area contributed by atoms with Gasteiger partial charge >= 0.3 is 0 Å². The molecule has 0 saturated heterocycles. The molecule has 0 rings (SSSR count). The Morgan fingerprint density at radius 1 is 1.43 bits per heavy atom. The Bertz CT molecular complexity index is 171. The molecule has 3 N–H and O–H groups in total. The Morgan fingerprint density at radius 2 is 2.00 bits per heavy atom. The lowest BCUT2D eigenvalue weighted by molar-refractivity contribution is 0.0814. The molecule has 0 amide bonds. The van der Waals surface area contributed by atoms with E-state index >= 15 is 0 Å². The fourth-order valence-corrected chi connectivity index (χ4v) is 1.57. The number of nitrogens with two attached hydrogens (primary N) is 1. The molecule has 0 radical (unpaired) electrons. The Balaban J connectivity index is 4.07. The van der Waals surface area contributed by atoms with Crippen LogP contribution in [0.1, 0.15) is 27.2 Å². The molecular formula is C10H23N3O. The van der Waals surface area contributed by atoms with Gasteiger partial charge in [-0.2, -0.15) is 0 Å². The van der Waals surface area contributed by atoms with Crippen molar-refractivity contribution in [1.29, 1.82) is 5.41 Å². The van der Waals surface area contributed by atoms with E-state index in [0.29, 0.717) is 18.5 Å². The van der Waals surface area contributed by atoms with Gasteiger partial charge in [-0.1, -0.05) is 0 Å². The summed E-state index contributed by atoms with van der Waals surface area (Å²) in [4.78, 5) is 2.30. The van der Waals surface area contributed by atoms with Gasteiger partial charge in [0, 0.05) is 32.2 Å². The highest BCUT2D eigenvalue weighted by molar-refractivity contribution is 5.76. The number of amidine groups is 1. The number of nitrogens with zero attached hydrogens (tertiary/aromatic N) is 1. The van der Waals surface area contributed by atoms with Crippen molar-refractivity contribution >= 4 is 5.84 Å². The smallest absolute Gasteiger partial charge is 0.0918 e. The van der Waals surface area contributed by atoms with Crippen LogP contribution in [0.4, 0.5) is 0 Å². The van der Waals surface area contributed by atoms with Gasteiger partial charge in [-0.25, -0.2) is 0 Å². The number of rotatable bonds is 7. The number of hydrogen-bond acceptors (Lipinski definition) is 3. The Labute approximate surface area is 86.9 Å². The molecule has 0 aliphatic carbocycles.